The predicted octanol–water partition coefficient (Wildman–Crippen LogP) is 2.96. The Balaban J connectivity index is 2.09. The molecule has 0 atom stereocenters. The van der Waals surface area contributed by atoms with Crippen LogP contribution in [0.3, 0.4) is 0 Å². The number of nitrogens with zero attached hydrogens (tertiary/aromatic N) is 3. The normalized spacial score (nSPS) is 10.7. The van der Waals surface area contributed by atoms with Crippen LogP contribution in [-0.4, -0.2) is 20.0 Å². The van der Waals surface area contributed by atoms with Crippen LogP contribution in [0.5, 0.6) is 0 Å². The molecule has 0 unspecified atom stereocenters. The van der Waals surface area contributed by atoms with Crippen LogP contribution >= 0.6 is 0 Å². The van der Waals surface area contributed by atoms with Crippen molar-refractivity contribution in [1.82, 2.24) is 20.0 Å². The molecule has 0 aliphatic rings. The Bertz CT molecular complexity index is 623. The summed E-state index contributed by atoms with van der Waals surface area (Å²) in [7, 11) is 0. The summed E-state index contributed by atoms with van der Waals surface area (Å²) in [5.74, 6) is 0. The highest BCUT2D eigenvalue weighted by molar-refractivity contribution is 5.66. The lowest BCUT2D eigenvalue weighted by Gasteiger charge is -2.00. The average Bonchev–Trinajstić information content (AvgIpc) is 3.08. The largest absolute Gasteiger partial charge is 0.276 e. The number of nitrogens with one attached hydrogen (secondary N) is 1. The summed E-state index contributed by atoms with van der Waals surface area (Å²) in [6.07, 6.45) is 1.75. The van der Waals surface area contributed by atoms with E-state index in [1.54, 1.807) is 6.20 Å². The molecule has 1 N–H and O–H groups in total. The maximum Gasteiger partial charge on any atom is 0.0930 e. The fraction of sp³-hybridized carbons (Fsp3) is 0.143. The molecule has 90 valence electrons. The van der Waals surface area contributed by atoms with Crippen LogP contribution in [0.15, 0.2) is 48.7 Å². The monoisotopic (exact) mass is 238 g/mol. The second kappa shape index (κ2) is 4.49. The summed E-state index contributed by atoms with van der Waals surface area (Å²) in [6, 6.07) is 14.2. The SMILES string of the molecule is CCn1nc(-c2ccccc2)cc1-c1ccn[nH]1. The van der Waals surface area contributed by atoms with Gasteiger partial charge in [-0.15, -0.1) is 0 Å². The van der Waals surface area contributed by atoms with Gasteiger partial charge in [-0.05, 0) is 19.1 Å². The molecule has 0 radical (unpaired) electrons. The van der Waals surface area contributed by atoms with Crippen molar-refractivity contribution in [3.8, 4) is 22.6 Å². The molecule has 0 saturated carbocycles. The zero-order valence-corrected chi connectivity index (χ0v) is 10.2. The molecule has 0 spiro atoms. The van der Waals surface area contributed by atoms with E-state index in [0.717, 1.165) is 29.2 Å². The highest BCUT2D eigenvalue weighted by Gasteiger charge is 2.10. The molecule has 1 aromatic carbocycles. The third kappa shape index (κ3) is 1.82. The number of aryl methyl sites for hydroxylation is 1. The third-order valence-corrected chi connectivity index (χ3v) is 2.93. The first-order valence-electron chi connectivity index (χ1n) is 6.01. The Kier molecular flexibility index (Phi) is 2.68. The van der Waals surface area contributed by atoms with Crippen LogP contribution in [0.1, 0.15) is 6.92 Å². The fourth-order valence-electron chi connectivity index (χ4n) is 2.02. The topological polar surface area (TPSA) is 46.5 Å². The Morgan fingerprint density at radius 1 is 1.17 bits per heavy atom. The Hall–Kier alpha value is -2.36. The molecule has 0 aliphatic heterocycles. The Morgan fingerprint density at radius 2 is 2.00 bits per heavy atom. The quantitative estimate of drug-likeness (QED) is 0.762. The van der Waals surface area contributed by atoms with E-state index in [2.05, 4.69) is 40.4 Å². The van der Waals surface area contributed by atoms with E-state index in [0.29, 0.717) is 0 Å². The molecule has 0 amide bonds. The molecule has 0 bridgehead atoms. The molecule has 4 heteroatoms. The molecular weight excluding hydrogens is 224 g/mol. The van der Waals surface area contributed by atoms with Gasteiger partial charge in [0.15, 0.2) is 0 Å². The van der Waals surface area contributed by atoms with Crippen LogP contribution in [0, 0.1) is 0 Å². The van der Waals surface area contributed by atoms with Gasteiger partial charge >= 0.3 is 0 Å². The van der Waals surface area contributed by atoms with Gasteiger partial charge in [-0.3, -0.25) is 9.78 Å². The van der Waals surface area contributed by atoms with E-state index >= 15 is 0 Å². The van der Waals surface area contributed by atoms with Crippen molar-refractivity contribution in [2.75, 3.05) is 0 Å². The highest BCUT2D eigenvalue weighted by atomic mass is 15.3. The van der Waals surface area contributed by atoms with Gasteiger partial charge in [-0.25, -0.2) is 0 Å². The summed E-state index contributed by atoms with van der Waals surface area (Å²) in [5.41, 5.74) is 4.17. The minimum absolute atomic E-state index is 0.835. The van der Waals surface area contributed by atoms with Crippen molar-refractivity contribution in [3.63, 3.8) is 0 Å². The summed E-state index contributed by atoms with van der Waals surface area (Å²) in [5, 5.41) is 11.6. The third-order valence-electron chi connectivity index (χ3n) is 2.93. The number of H-pyrrole nitrogens is 1. The van der Waals surface area contributed by atoms with E-state index in [9.17, 15) is 0 Å². The van der Waals surface area contributed by atoms with Crippen LogP contribution < -0.4 is 0 Å². The van der Waals surface area contributed by atoms with Crippen molar-refractivity contribution < 1.29 is 0 Å². The summed E-state index contributed by atoms with van der Waals surface area (Å²) < 4.78 is 1.98. The molecule has 0 fully saturated rings. The van der Waals surface area contributed by atoms with Gasteiger partial charge in [0.25, 0.3) is 0 Å². The smallest absolute Gasteiger partial charge is 0.0930 e. The van der Waals surface area contributed by atoms with Crippen LogP contribution in [-0.2, 0) is 6.54 Å². The lowest BCUT2D eigenvalue weighted by atomic mass is 10.1. The first-order chi connectivity index (χ1) is 8.88. The first kappa shape index (κ1) is 10.8. The van der Waals surface area contributed by atoms with Gasteiger partial charge in [0.05, 0.1) is 17.1 Å². The minimum Gasteiger partial charge on any atom is -0.276 e. The standard InChI is InChI=1S/C14H14N4/c1-2-18-14(12-8-9-15-16-12)10-13(17-18)11-6-4-3-5-7-11/h3-10H,2H2,1H3,(H,15,16). The second-order valence-corrected chi connectivity index (χ2v) is 4.07. The van der Waals surface area contributed by atoms with E-state index in [-0.39, 0.29) is 0 Å². The van der Waals surface area contributed by atoms with Crippen molar-refractivity contribution in [3.05, 3.63) is 48.7 Å². The number of aromatic amines is 1. The molecule has 2 heterocycles. The zero-order valence-electron chi connectivity index (χ0n) is 10.2. The molecule has 0 saturated heterocycles. The van der Waals surface area contributed by atoms with Crippen LogP contribution in [0.2, 0.25) is 0 Å². The highest BCUT2D eigenvalue weighted by Crippen LogP contribution is 2.24. The van der Waals surface area contributed by atoms with Crippen LogP contribution in [0.25, 0.3) is 22.6 Å². The summed E-state index contributed by atoms with van der Waals surface area (Å²) >= 11 is 0. The van der Waals surface area contributed by atoms with E-state index in [1.807, 2.05) is 28.9 Å². The zero-order chi connectivity index (χ0) is 12.4. The van der Waals surface area contributed by atoms with Gasteiger partial charge in [-0.2, -0.15) is 10.2 Å². The maximum atomic E-state index is 4.62. The van der Waals surface area contributed by atoms with Gasteiger partial charge in [-0.1, -0.05) is 30.3 Å². The maximum absolute atomic E-state index is 4.62. The van der Waals surface area contributed by atoms with Gasteiger partial charge < -0.3 is 0 Å². The summed E-state index contributed by atoms with van der Waals surface area (Å²) in [6.45, 7) is 2.92. The lowest BCUT2D eigenvalue weighted by molar-refractivity contribution is 0.668. The summed E-state index contributed by atoms with van der Waals surface area (Å²) in [4.78, 5) is 0. The Morgan fingerprint density at radius 3 is 2.67 bits per heavy atom. The number of rotatable bonds is 3. The van der Waals surface area contributed by atoms with E-state index in [1.165, 1.54) is 0 Å². The fourth-order valence-corrected chi connectivity index (χ4v) is 2.02. The molecule has 4 nitrogen and oxygen atoms in total. The van der Waals surface area contributed by atoms with E-state index < -0.39 is 0 Å². The van der Waals surface area contributed by atoms with E-state index in [4.69, 9.17) is 0 Å². The Labute approximate surface area is 105 Å². The number of benzene rings is 1. The molecule has 0 aliphatic carbocycles. The van der Waals surface area contributed by atoms with Gasteiger partial charge in [0, 0.05) is 18.3 Å². The number of hydrogen-bond donors (Lipinski definition) is 1. The van der Waals surface area contributed by atoms with Gasteiger partial charge in [0.2, 0.25) is 0 Å². The molecule has 3 aromatic rings. The molecule has 18 heavy (non-hydrogen) atoms. The molecular formula is C14H14N4. The second-order valence-electron chi connectivity index (χ2n) is 4.07. The van der Waals surface area contributed by atoms with Gasteiger partial charge in [0.1, 0.15) is 0 Å². The molecule has 2 aromatic heterocycles. The number of aromatic nitrogens is 4. The van der Waals surface area contributed by atoms with Crippen LogP contribution in [0.4, 0.5) is 0 Å². The van der Waals surface area contributed by atoms with Crippen molar-refractivity contribution in [1.29, 1.82) is 0 Å². The predicted molar refractivity (Wildman–Crippen MR) is 70.9 cm³/mol. The first-order valence-corrected chi connectivity index (χ1v) is 6.01. The number of hydrogen-bond acceptors (Lipinski definition) is 2. The average molecular weight is 238 g/mol. The van der Waals surface area contributed by atoms with Crippen molar-refractivity contribution in [2.45, 2.75) is 13.5 Å². The lowest BCUT2D eigenvalue weighted by Crippen LogP contribution is -1.99. The minimum atomic E-state index is 0.835. The van der Waals surface area contributed by atoms with Crippen molar-refractivity contribution >= 4 is 0 Å². The molecule has 3 rings (SSSR count). The van der Waals surface area contributed by atoms with Crippen molar-refractivity contribution in [2.24, 2.45) is 0 Å².